The van der Waals surface area contributed by atoms with E-state index >= 15 is 0 Å². The molecule has 1 aliphatic rings. The van der Waals surface area contributed by atoms with Gasteiger partial charge in [0, 0.05) is 38.8 Å². The predicted molar refractivity (Wildman–Crippen MR) is 92.6 cm³/mol. The molecule has 2 rings (SSSR count). The van der Waals surface area contributed by atoms with E-state index in [2.05, 4.69) is 36.0 Å². The maximum absolute atomic E-state index is 12.0. The van der Waals surface area contributed by atoms with Crippen LogP contribution in [0.5, 0.6) is 5.75 Å². The number of hydrogen-bond acceptors (Lipinski definition) is 4. The topological polar surface area (TPSA) is 44.8 Å². The SMILES string of the molecule is CC(C)C(CNC(=O)COc1ccccc1)N1CCN(C)CC1. The molecule has 1 atom stereocenters. The molecule has 1 N–H and O–H groups in total. The van der Waals surface area contributed by atoms with E-state index in [1.807, 2.05) is 30.3 Å². The summed E-state index contributed by atoms with van der Waals surface area (Å²) in [6.07, 6.45) is 0. The molecule has 5 nitrogen and oxygen atoms in total. The van der Waals surface area contributed by atoms with Gasteiger partial charge in [-0.15, -0.1) is 0 Å². The van der Waals surface area contributed by atoms with Crippen molar-refractivity contribution in [3.63, 3.8) is 0 Å². The Labute approximate surface area is 139 Å². The van der Waals surface area contributed by atoms with E-state index in [9.17, 15) is 4.79 Å². The monoisotopic (exact) mass is 319 g/mol. The van der Waals surface area contributed by atoms with Gasteiger partial charge in [-0.1, -0.05) is 32.0 Å². The van der Waals surface area contributed by atoms with Crippen LogP contribution in [0.15, 0.2) is 30.3 Å². The van der Waals surface area contributed by atoms with Gasteiger partial charge in [0.05, 0.1) is 0 Å². The summed E-state index contributed by atoms with van der Waals surface area (Å²) in [6.45, 7) is 9.50. The summed E-state index contributed by atoms with van der Waals surface area (Å²) in [5.74, 6) is 1.17. The quantitative estimate of drug-likeness (QED) is 0.826. The summed E-state index contributed by atoms with van der Waals surface area (Å²) < 4.78 is 5.49. The van der Waals surface area contributed by atoms with Crippen LogP contribution in [0.1, 0.15) is 13.8 Å². The fraction of sp³-hybridized carbons (Fsp3) is 0.611. The predicted octanol–water partition coefficient (Wildman–Crippen LogP) is 1.45. The van der Waals surface area contributed by atoms with Crippen molar-refractivity contribution in [1.82, 2.24) is 15.1 Å². The van der Waals surface area contributed by atoms with Crippen LogP contribution in [0.3, 0.4) is 0 Å². The highest BCUT2D eigenvalue weighted by Gasteiger charge is 2.25. The third kappa shape index (κ3) is 5.84. The third-order valence-corrected chi connectivity index (χ3v) is 4.40. The summed E-state index contributed by atoms with van der Waals surface area (Å²) >= 11 is 0. The number of carbonyl (C=O) groups is 1. The second kappa shape index (κ2) is 8.89. The van der Waals surface area contributed by atoms with Crippen LogP contribution >= 0.6 is 0 Å². The first-order chi connectivity index (χ1) is 11.1. The summed E-state index contributed by atoms with van der Waals surface area (Å²) in [7, 11) is 2.16. The molecule has 1 fully saturated rings. The second-order valence-corrected chi connectivity index (χ2v) is 6.56. The van der Waals surface area contributed by atoms with Crippen molar-refractivity contribution in [3.05, 3.63) is 30.3 Å². The highest BCUT2D eigenvalue weighted by molar-refractivity contribution is 5.77. The van der Waals surface area contributed by atoms with Crippen molar-refractivity contribution < 1.29 is 9.53 Å². The Morgan fingerprint density at radius 3 is 2.43 bits per heavy atom. The molecule has 0 aliphatic carbocycles. The number of likely N-dealkylation sites (N-methyl/N-ethyl adjacent to an activating group) is 1. The van der Waals surface area contributed by atoms with Crippen molar-refractivity contribution in [1.29, 1.82) is 0 Å². The number of amides is 1. The average molecular weight is 319 g/mol. The molecular weight excluding hydrogens is 290 g/mol. The van der Waals surface area contributed by atoms with E-state index in [1.54, 1.807) is 0 Å². The van der Waals surface area contributed by atoms with Gasteiger partial charge in [-0.05, 0) is 25.1 Å². The van der Waals surface area contributed by atoms with Gasteiger partial charge in [0.25, 0.3) is 5.91 Å². The third-order valence-electron chi connectivity index (χ3n) is 4.40. The van der Waals surface area contributed by atoms with Crippen LogP contribution in [0.25, 0.3) is 0 Å². The van der Waals surface area contributed by atoms with E-state index in [0.717, 1.165) is 31.9 Å². The molecule has 0 bridgehead atoms. The number of benzene rings is 1. The van der Waals surface area contributed by atoms with Crippen molar-refractivity contribution in [2.75, 3.05) is 46.4 Å². The van der Waals surface area contributed by atoms with Crippen LogP contribution in [-0.2, 0) is 4.79 Å². The molecule has 1 unspecified atom stereocenters. The van der Waals surface area contributed by atoms with Gasteiger partial charge in [-0.25, -0.2) is 0 Å². The Bertz CT molecular complexity index is 470. The molecule has 0 aromatic heterocycles. The molecule has 23 heavy (non-hydrogen) atoms. The van der Waals surface area contributed by atoms with Gasteiger partial charge in [0.2, 0.25) is 0 Å². The van der Waals surface area contributed by atoms with E-state index in [1.165, 1.54) is 0 Å². The molecule has 1 aliphatic heterocycles. The zero-order chi connectivity index (χ0) is 16.7. The lowest BCUT2D eigenvalue weighted by Crippen LogP contribution is -2.54. The molecule has 5 heteroatoms. The van der Waals surface area contributed by atoms with E-state index in [0.29, 0.717) is 18.5 Å². The molecular formula is C18H29N3O2. The van der Waals surface area contributed by atoms with Crippen LogP contribution in [0, 0.1) is 5.92 Å². The number of nitrogens with one attached hydrogen (secondary N) is 1. The molecule has 1 aromatic rings. The minimum absolute atomic E-state index is 0.0615. The Balaban J connectivity index is 1.76. The van der Waals surface area contributed by atoms with E-state index < -0.39 is 0 Å². The first-order valence-electron chi connectivity index (χ1n) is 8.43. The van der Waals surface area contributed by atoms with Gasteiger partial charge in [0.15, 0.2) is 6.61 Å². The largest absolute Gasteiger partial charge is 0.484 e. The molecule has 1 heterocycles. The Hall–Kier alpha value is -1.59. The molecule has 1 amide bonds. The summed E-state index contributed by atoms with van der Waals surface area (Å²) in [4.78, 5) is 16.9. The van der Waals surface area contributed by atoms with Crippen LogP contribution in [0.4, 0.5) is 0 Å². The molecule has 0 saturated carbocycles. The number of carbonyl (C=O) groups excluding carboxylic acids is 1. The summed E-state index contributed by atoms with van der Waals surface area (Å²) in [5, 5.41) is 3.02. The van der Waals surface area contributed by atoms with Crippen LogP contribution in [-0.4, -0.2) is 68.1 Å². The highest BCUT2D eigenvalue weighted by Crippen LogP contribution is 2.13. The maximum atomic E-state index is 12.0. The number of hydrogen-bond donors (Lipinski definition) is 1. The minimum Gasteiger partial charge on any atom is -0.484 e. The first-order valence-corrected chi connectivity index (χ1v) is 8.43. The lowest BCUT2D eigenvalue weighted by atomic mass is 10.0. The Kier molecular flexibility index (Phi) is 6.86. The first kappa shape index (κ1) is 17.8. The second-order valence-electron chi connectivity index (χ2n) is 6.56. The number of piperazine rings is 1. The van der Waals surface area contributed by atoms with Gasteiger partial charge in [-0.2, -0.15) is 0 Å². The van der Waals surface area contributed by atoms with Gasteiger partial charge >= 0.3 is 0 Å². The number of nitrogens with zero attached hydrogens (tertiary/aromatic N) is 2. The fourth-order valence-corrected chi connectivity index (χ4v) is 2.88. The van der Waals surface area contributed by atoms with Crippen molar-refractivity contribution in [2.24, 2.45) is 5.92 Å². The summed E-state index contributed by atoms with van der Waals surface area (Å²) in [6, 6.07) is 9.81. The fourth-order valence-electron chi connectivity index (χ4n) is 2.88. The Morgan fingerprint density at radius 1 is 1.17 bits per heavy atom. The lowest BCUT2D eigenvalue weighted by Gasteiger charge is -2.39. The minimum atomic E-state index is -0.0615. The molecule has 0 radical (unpaired) electrons. The smallest absolute Gasteiger partial charge is 0.257 e. The van der Waals surface area contributed by atoms with Gasteiger partial charge in [-0.3, -0.25) is 9.69 Å². The van der Waals surface area contributed by atoms with Gasteiger partial charge < -0.3 is 15.0 Å². The van der Waals surface area contributed by atoms with E-state index in [4.69, 9.17) is 4.74 Å². The number of para-hydroxylation sites is 1. The van der Waals surface area contributed by atoms with Crippen molar-refractivity contribution >= 4 is 5.91 Å². The molecule has 128 valence electrons. The summed E-state index contributed by atoms with van der Waals surface area (Å²) in [5.41, 5.74) is 0. The molecule has 1 saturated heterocycles. The normalized spacial score (nSPS) is 17.9. The Morgan fingerprint density at radius 2 is 1.83 bits per heavy atom. The number of rotatable bonds is 7. The zero-order valence-corrected chi connectivity index (χ0v) is 14.5. The molecule has 1 aromatic carbocycles. The number of ether oxygens (including phenoxy) is 1. The van der Waals surface area contributed by atoms with Crippen LogP contribution in [0.2, 0.25) is 0 Å². The van der Waals surface area contributed by atoms with Crippen molar-refractivity contribution in [3.8, 4) is 5.75 Å². The maximum Gasteiger partial charge on any atom is 0.257 e. The van der Waals surface area contributed by atoms with Crippen LogP contribution < -0.4 is 10.1 Å². The van der Waals surface area contributed by atoms with Crippen molar-refractivity contribution in [2.45, 2.75) is 19.9 Å². The average Bonchev–Trinajstić information content (AvgIpc) is 2.55. The molecule has 0 spiro atoms. The lowest BCUT2D eigenvalue weighted by molar-refractivity contribution is -0.123. The standard InChI is InChI=1S/C18H29N3O2/c1-15(2)17(21-11-9-20(3)10-12-21)13-19-18(22)14-23-16-7-5-4-6-8-16/h4-8,15,17H,9-14H2,1-3H3,(H,19,22). The zero-order valence-electron chi connectivity index (χ0n) is 14.5. The van der Waals surface area contributed by atoms with Gasteiger partial charge in [0.1, 0.15) is 5.75 Å². The highest BCUT2D eigenvalue weighted by atomic mass is 16.5. The van der Waals surface area contributed by atoms with E-state index in [-0.39, 0.29) is 12.5 Å².